The molecule has 0 radical (unpaired) electrons. The van der Waals surface area contributed by atoms with E-state index in [1.807, 2.05) is 13.8 Å². The quantitative estimate of drug-likeness (QED) is 0.0872. The Labute approximate surface area is 211 Å². The molecule has 1 unspecified atom stereocenters. The monoisotopic (exact) mass is 496 g/mol. The number of carbonyl (C=O) groups is 2. The fraction of sp³-hybridized carbons (Fsp3) is 0.786. The number of alkyl halides is 1. The van der Waals surface area contributed by atoms with Crippen LogP contribution in [0.4, 0.5) is 0 Å². The van der Waals surface area contributed by atoms with Crippen LogP contribution in [0.5, 0.6) is 0 Å². The molecule has 34 heavy (non-hydrogen) atoms. The molecule has 0 aromatic rings. The number of hydrogen-bond acceptors (Lipinski definition) is 5. The lowest BCUT2D eigenvalue weighted by molar-refractivity contribution is -0.192. The van der Waals surface area contributed by atoms with Gasteiger partial charge in [-0.15, -0.1) is 11.6 Å². The van der Waals surface area contributed by atoms with Crippen molar-refractivity contribution in [1.29, 1.82) is 0 Å². The Bertz CT molecular complexity index is 680. The summed E-state index contributed by atoms with van der Waals surface area (Å²) in [5.41, 5.74) is -0.358. The fourth-order valence-electron chi connectivity index (χ4n) is 4.81. The minimum Gasteiger partial charge on any atom is -0.469 e. The van der Waals surface area contributed by atoms with Gasteiger partial charge >= 0.3 is 5.97 Å². The summed E-state index contributed by atoms with van der Waals surface area (Å²) in [5, 5.41) is -0.0221. The molecule has 0 aromatic heterocycles. The van der Waals surface area contributed by atoms with Crippen molar-refractivity contribution in [1.82, 2.24) is 0 Å². The number of carbonyl (C=O) groups excluding carboxylic acids is 2. The molecular weight excluding hydrogens is 452 g/mol. The van der Waals surface area contributed by atoms with E-state index in [0.29, 0.717) is 6.42 Å². The van der Waals surface area contributed by atoms with Crippen molar-refractivity contribution in [3.05, 3.63) is 24.3 Å². The summed E-state index contributed by atoms with van der Waals surface area (Å²) in [6.07, 6.45) is 17.6. The van der Waals surface area contributed by atoms with Crippen LogP contribution in [0.3, 0.4) is 0 Å². The van der Waals surface area contributed by atoms with E-state index in [1.165, 1.54) is 7.11 Å². The summed E-state index contributed by atoms with van der Waals surface area (Å²) in [7, 11) is 1.42. The molecule has 1 aliphatic carbocycles. The first-order valence-corrected chi connectivity index (χ1v) is 13.6. The number of methoxy groups -OCH3 is 1. The fourth-order valence-corrected chi connectivity index (χ4v) is 5.25. The number of halogens is 1. The maximum Gasteiger partial charge on any atom is 0.305 e. The van der Waals surface area contributed by atoms with Crippen molar-refractivity contribution in [3.63, 3.8) is 0 Å². The Morgan fingerprint density at radius 1 is 1.18 bits per heavy atom. The molecule has 2 fully saturated rings. The third-order valence-corrected chi connectivity index (χ3v) is 7.66. The van der Waals surface area contributed by atoms with E-state index >= 15 is 0 Å². The molecule has 0 spiro atoms. The van der Waals surface area contributed by atoms with Gasteiger partial charge in [0.05, 0.1) is 13.2 Å². The highest BCUT2D eigenvalue weighted by Gasteiger charge is 2.42. The Hall–Kier alpha value is -1.17. The van der Waals surface area contributed by atoms with E-state index < -0.39 is 0 Å². The first kappa shape index (κ1) is 29.1. The molecule has 0 amide bonds. The highest BCUT2D eigenvalue weighted by molar-refractivity contribution is 6.21. The maximum atomic E-state index is 13.0. The highest BCUT2D eigenvalue weighted by Crippen LogP contribution is 2.42. The van der Waals surface area contributed by atoms with E-state index in [-0.39, 0.29) is 46.8 Å². The van der Waals surface area contributed by atoms with Crippen molar-refractivity contribution in [2.75, 3.05) is 13.7 Å². The maximum absolute atomic E-state index is 13.0. The first-order valence-electron chi connectivity index (χ1n) is 13.1. The molecule has 194 valence electrons. The SMILES string of the molecule is CCCCC(C)(C)C(=O)/C=C/[C@@H]1[C@@H](C/C=C\CCCC(=O)OC)[C@H](Cl)C[C@H]1OC1CCCCO1. The zero-order chi connectivity index (χ0) is 25.0. The van der Waals surface area contributed by atoms with Gasteiger partial charge in [0.2, 0.25) is 0 Å². The number of esters is 1. The Kier molecular flexibility index (Phi) is 12.9. The van der Waals surface area contributed by atoms with Crippen molar-refractivity contribution >= 4 is 23.4 Å². The Morgan fingerprint density at radius 2 is 1.97 bits per heavy atom. The second-order valence-corrected chi connectivity index (χ2v) is 10.9. The van der Waals surface area contributed by atoms with Crippen LogP contribution < -0.4 is 0 Å². The molecule has 1 heterocycles. The third kappa shape index (κ3) is 9.47. The summed E-state index contributed by atoms with van der Waals surface area (Å²) in [6, 6.07) is 0. The van der Waals surface area contributed by atoms with Crippen LogP contribution in [0, 0.1) is 17.3 Å². The molecule has 1 saturated carbocycles. The average Bonchev–Trinajstić information content (AvgIpc) is 3.12. The molecule has 2 rings (SSSR count). The van der Waals surface area contributed by atoms with Crippen molar-refractivity contribution < 1.29 is 23.8 Å². The number of allylic oxidation sites excluding steroid dienone is 3. The largest absolute Gasteiger partial charge is 0.469 e. The topological polar surface area (TPSA) is 61.8 Å². The number of ketones is 1. The average molecular weight is 497 g/mol. The van der Waals surface area contributed by atoms with E-state index in [4.69, 9.17) is 25.8 Å². The standard InChI is InChI=1S/C28H45ClO5/c1-5-6-18-28(2,3)25(30)17-16-22-21(13-9-7-8-10-14-26(31)32-4)23(29)20-24(22)34-27-15-11-12-19-33-27/h7,9,16-17,21-24,27H,5-6,8,10-15,18-20H2,1-4H3/b9-7-,17-16+/t21-,22-,23-,24-,27?/m1/s1. The highest BCUT2D eigenvalue weighted by atomic mass is 35.5. The van der Waals surface area contributed by atoms with Crippen LogP contribution in [-0.2, 0) is 23.8 Å². The molecule has 1 aliphatic heterocycles. The van der Waals surface area contributed by atoms with Gasteiger partial charge in [0.25, 0.3) is 0 Å². The van der Waals surface area contributed by atoms with Gasteiger partial charge < -0.3 is 14.2 Å². The van der Waals surface area contributed by atoms with Crippen molar-refractivity contribution in [3.8, 4) is 0 Å². The molecule has 0 N–H and O–H groups in total. The summed E-state index contributed by atoms with van der Waals surface area (Å²) < 4.78 is 16.9. The predicted molar refractivity (Wildman–Crippen MR) is 137 cm³/mol. The van der Waals surface area contributed by atoms with Crippen molar-refractivity contribution in [2.24, 2.45) is 17.3 Å². The molecule has 0 aromatic carbocycles. The number of ether oxygens (including phenoxy) is 3. The molecule has 0 bridgehead atoms. The van der Waals surface area contributed by atoms with Gasteiger partial charge in [-0.25, -0.2) is 0 Å². The van der Waals surface area contributed by atoms with Gasteiger partial charge in [-0.2, -0.15) is 0 Å². The van der Waals surface area contributed by atoms with Crippen LogP contribution in [0.25, 0.3) is 0 Å². The lowest BCUT2D eigenvalue weighted by atomic mass is 9.81. The molecular formula is C28H45ClO5. The zero-order valence-corrected chi connectivity index (χ0v) is 22.4. The summed E-state index contributed by atoms with van der Waals surface area (Å²) >= 11 is 6.82. The van der Waals surface area contributed by atoms with Gasteiger partial charge in [0.15, 0.2) is 12.1 Å². The van der Waals surface area contributed by atoms with Gasteiger partial charge in [-0.05, 0) is 63.4 Å². The lowest BCUT2D eigenvalue weighted by Gasteiger charge is -2.29. The van der Waals surface area contributed by atoms with Gasteiger partial charge in [-0.3, -0.25) is 9.59 Å². The van der Waals surface area contributed by atoms with E-state index in [9.17, 15) is 9.59 Å². The second-order valence-electron chi connectivity index (χ2n) is 10.3. The Morgan fingerprint density at radius 3 is 2.65 bits per heavy atom. The summed E-state index contributed by atoms with van der Waals surface area (Å²) in [4.78, 5) is 24.3. The molecule has 6 heteroatoms. The number of rotatable bonds is 14. The van der Waals surface area contributed by atoms with Crippen LogP contribution in [0.15, 0.2) is 24.3 Å². The van der Waals surface area contributed by atoms with Crippen LogP contribution in [0.2, 0.25) is 0 Å². The molecule has 2 aliphatic rings. The predicted octanol–water partition coefficient (Wildman–Crippen LogP) is 6.77. The summed E-state index contributed by atoms with van der Waals surface area (Å²) in [6.45, 7) is 6.96. The molecule has 5 nitrogen and oxygen atoms in total. The van der Waals surface area contributed by atoms with E-state index in [0.717, 1.165) is 70.8 Å². The van der Waals surface area contributed by atoms with E-state index in [1.54, 1.807) is 6.08 Å². The molecule has 1 saturated heterocycles. The third-order valence-electron chi connectivity index (χ3n) is 7.16. The zero-order valence-electron chi connectivity index (χ0n) is 21.6. The van der Waals surface area contributed by atoms with Crippen LogP contribution >= 0.6 is 11.6 Å². The summed E-state index contributed by atoms with van der Waals surface area (Å²) in [5.74, 6) is 0.254. The van der Waals surface area contributed by atoms with Gasteiger partial charge in [-0.1, -0.05) is 51.8 Å². The smallest absolute Gasteiger partial charge is 0.305 e. The number of hydrogen-bond donors (Lipinski definition) is 0. The van der Waals surface area contributed by atoms with Crippen molar-refractivity contribution in [2.45, 2.75) is 109 Å². The normalized spacial score (nSPS) is 28.1. The van der Waals surface area contributed by atoms with Gasteiger partial charge in [0.1, 0.15) is 0 Å². The second kappa shape index (κ2) is 15.1. The first-order chi connectivity index (χ1) is 16.3. The van der Waals surface area contributed by atoms with Crippen LogP contribution in [-0.4, -0.2) is 43.2 Å². The Balaban J connectivity index is 2.05. The van der Waals surface area contributed by atoms with Gasteiger partial charge in [0, 0.05) is 29.7 Å². The molecule has 5 atom stereocenters. The van der Waals surface area contributed by atoms with Crippen LogP contribution in [0.1, 0.15) is 91.4 Å². The minimum atomic E-state index is -0.358. The number of unbranched alkanes of at least 4 members (excludes halogenated alkanes) is 2. The van der Waals surface area contributed by atoms with E-state index in [2.05, 4.69) is 25.2 Å². The lowest BCUT2D eigenvalue weighted by Crippen LogP contribution is -2.31. The minimum absolute atomic E-state index is 0.0221.